The largest absolute Gasteiger partial charge is 0.466 e. The number of unbranched alkanes of at least 4 members (excludes halogenated alkanes) is 66. The van der Waals surface area contributed by atoms with Crippen molar-refractivity contribution < 1.29 is 24.5 Å². The van der Waals surface area contributed by atoms with Crippen molar-refractivity contribution in [1.82, 2.24) is 5.32 Å². The summed E-state index contributed by atoms with van der Waals surface area (Å²) < 4.78 is 5.51. The van der Waals surface area contributed by atoms with Gasteiger partial charge in [0, 0.05) is 12.8 Å². The number of esters is 1. The molecule has 0 aliphatic carbocycles. The summed E-state index contributed by atoms with van der Waals surface area (Å²) in [5, 5.41) is 23.3. The smallest absolute Gasteiger partial charge is 0.305 e. The van der Waals surface area contributed by atoms with Gasteiger partial charge in [0.15, 0.2) is 0 Å². The molecule has 3 N–H and O–H groups in total. The van der Waals surface area contributed by atoms with Crippen LogP contribution in [0.5, 0.6) is 0 Å². The average Bonchev–Trinajstić information content (AvgIpc) is 3.58. The second kappa shape index (κ2) is 77.1. The van der Waals surface area contributed by atoms with Crippen molar-refractivity contribution in [2.45, 2.75) is 482 Å². The van der Waals surface area contributed by atoms with Gasteiger partial charge in [-0.2, -0.15) is 0 Å². The van der Waals surface area contributed by atoms with Crippen LogP contribution in [0.15, 0.2) is 12.2 Å². The summed E-state index contributed by atoms with van der Waals surface area (Å²) in [5.74, 6) is -0.0320. The molecule has 1 amide bonds. The minimum atomic E-state index is -0.842. The Morgan fingerprint density at radius 1 is 0.310 bits per heavy atom. The minimum Gasteiger partial charge on any atom is -0.466 e. The highest BCUT2D eigenvalue weighted by atomic mass is 16.5. The third-order valence-electron chi connectivity index (χ3n) is 19.3. The van der Waals surface area contributed by atoms with Crippen LogP contribution in [-0.2, 0) is 14.3 Å². The summed E-state index contributed by atoms with van der Waals surface area (Å²) >= 11 is 0. The van der Waals surface area contributed by atoms with E-state index in [9.17, 15) is 19.8 Å². The lowest BCUT2D eigenvalue weighted by molar-refractivity contribution is -0.143. The summed E-state index contributed by atoms with van der Waals surface area (Å²) in [6, 6.07) is -0.625. The Morgan fingerprint density at radius 3 is 0.782 bits per heavy atom. The fourth-order valence-electron chi connectivity index (χ4n) is 13.2. The standard InChI is InChI=1S/C81H159NO5/c1-3-5-7-9-11-13-15-17-19-20-21-22-36-39-42-46-49-53-57-61-65-69-73-79(84)78(77-83)82-80(85)74-70-66-62-58-54-50-47-43-40-37-34-32-30-28-26-24-23-25-27-29-31-33-35-38-41-44-48-52-56-60-64-68-72-76-87-81(86)75-71-67-63-59-55-51-45-18-16-14-12-10-8-6-4-2/h69,73,78-79,83-84H,3-68,70-72,74-77H2,1-2H3,(H,82,85)/b73-69+. The Balaban J connectivity index is 3.33. The SMILES string of the molecule is CCCCCCCCCCCCCCCCCCCCCC/C=C/C(O)C(CO)NC(=O)CCCCCCCCCCCCCCCCCCCCCCCCCCCCCCCCCCCOC(=O)CCCCCCCCCCCCCCCCC. The lowest BCUT2D eigenvalue weighted by Gasteiger charge is -2.20. The highest BCUT2D eigenvalue weighted by Crippen LogP contribution is 2.20. The minimum absolute atomic E-state index is 0.0257. The maximum atomic E-state index is 12.5. The first-order chi connectivity index (χ1) is 43.0. The van der Waals surface area contributed by atoms with Gasteiger partial charge in [-0.1, -0.05) is 437 Å². The molecule has 0 rings (SSSR count). The van der Waals surface area contributed by atoms with Crippen LogP contribution < -0.4 is 5.32 Å². The zero-order valence-corrected chi connectivity index (χ0v) is 59.5. The molecule has 0 spiro atoms. The van der Waals surface area contributed by atoms with Gasteiger partial charge < -0.3 is 20.3 Å². The zero-order chi connectivity index (χ0) is 62.8. The zero-order valence-electron chi connectivity index (χ0n) is 59.5. The summed E-state index contributed by atoms with van der Waals surface area (Å²) in [7, 11) is 0. The third kappa shape index (κ3) is 73.5. The van der Waals surface area contributed by atoms with Gasteiger partial charge >= 0.3 is 5.97 Å². The molecule has 2 unspecified atom stereocenters. The Morgan fingerprint density at radius 2 is 0.529 bits per heavy atom. The first-order valence-electron chi connectivity index (χ1n) is 40.5. The van der Waals surface area contributed by atoms with E-state index in [2.05, 4.69) is 19.2 Å². The van der Waals surface area contributed by atoms with Crippen LogP contribution in [0.2, 0.25) is 0 Å². The van der Waals surface area contributed by atoms with Gasteiger partial charge in [-0.3, -0.25) is 9.59 Å². The molecule has 87 heavy (non-hydrogen) atoms. The number of aliphatic hydroxyl groups is 2. The Hall–Kier alpha value is -1.40. The van der Waals surface area contributed by atoms with Crippen molar-refractivity contribution in [2.24, 2.45) is 0 Å². The number of hydrogen-bond donors (Lipinski definition) is 3. The summed E-state index contributed by atoms with van der Waals surface area (Å²) in [6.45, 7) is 4.97. The first kappa shape index (κ1) is 85.6. The Bertz CT molecular complexity index is 1320. The molecular formula is C81H159NO5. The highest BCUT2D eigenvalue weighted by Gasteiger charge is 2.18. The quantitative estimate of drug-likeness (QED) is 0.0320. The molecule has 0 aliphatic rings. The van der Waals surface area contributed by atoms with Crippen molar-refractivity contribution >= 4 is 11.9 Å². The number of aliphatic hydroxyl groups excluding tert-OH is 2. The number of nitrogens with one attached hydrogen (secondary N) is 1. The van der Waals surface area contributed by atoms with Gasteiger partial charge in [-0.05, 0) is 32.1 Å². The van der Waals surface area contributed by atoms with Crippen molar-refractivity contribution in [1.29, 1.82) is 0 Å². The van der Waals surface area contributed by atoms with Crippen molar-refractivity contribution in [2.75, 3.05) is 13.2 Å². The van der Waals surface area contributed by atoms with E-state index in [-0.39, 0.29) is 18.5 Å². The number of carbonyl (C=O) groups is 2. The number of rotatable bonds is 77. The van der Waals surface area contributed by atoms with Gasteiger partial charge in [0.2, 0.25) is 5.91 Å². The second-order valence-electron chi connectivity index (χ2n) is 28.1. The molecule has 0 bridgehead atoms. The van der Waals surface area contributed by atoms with Crippen LogP contribution in [0, 0.1) is 0 Å². The topological polar surface area (TPSA) is 95.9 Å². The first-order valence-corrected chi connectivity index (χ1v) is 40.5. The van der Waals surface area contributed by atoms with E-state index in [1.807, 2.05) is 6.08 Å². The van der Waals surface area contributed by atoms with Crippen LogP contribution in [0.1, 0.15) is 470 Å². The Labute approximate surface area is 546 Å². The second-order valence-corrected chi connectivity index (χ2v) is 28.1. The molecule has 518 valence electrons. The van der Waals surface area contributed by atoms with Gasteiger partial charge in [0.1, 0.15) is 0 Å². The van der Waals surface area contributed by atoms with Crippen LogP contribution in [0.3, 0.4) is 0 Å². The third-order valence-corrected chi connectivity index (χ3v) is 19.3. The molecule has 0 saturated carbocycles. The molecule has 6 nitrogen and oxygen atoms in total. The van der Waals surface area contributed by atoms with Gasteiger partial charge in [-0.15, -0.1) is 0 Å². The number of ether oxygens (including phenoxy) is 1. The maximum absolute atomic E-state index is 12.5. The van der Waals surface area contributed by atoms with Crippen molar-refractivity contribution in [3.63, 3.8) is 0 Å². The van der Waals surface area contributed by atoms with E-state index in [1.54, 1.807) is 6.08 Å². The Kier molecular flexibility index (Phi) is 75.8. The summed E-state index contributed by atoms with van der Waals surface area (Å²) in [4.78, 5) is 24.6. The van der Waals surface area contributed by atoms with E-state index >= 15 is 0 Å². The molecule has 0 heterocycles. The van der Waals surface area contributed by atoms with Crippen LogP contribution in [0.4, 0.5) is 0 Å². The maximum Gasteiger partial charge on any atom is 0.305 e. The normalized spacial score (nSPS) is 12.5. The van der Waals surface area contributed by atoms with Gasteiger partial charge in [-0.25, -0.2) is 0 Å². The molecule has 0 aromatic carbocycles. The van der Waals surface area contributed by atoms with E-state index in [0.29, 0.717) is 19.4 Å². The van der Waals surface area contributed by atoms with Gasteiger partial charge in [0.25, 0.3) is 0 Å². The summed E-state index contributed by atoms with van der Waals surface area (Å²) in [5.41, 5.74) is 0. The molecule has 0 radical (unpaired) electrons. The highest BCUT2D eigenvalue weighted by molar-refractivity contribution is 5.76. The molecule has 0 aliphatic heterocycles. The van der Waals surface area contributed by atoms with Gasteiger partial charge in [0.05, 0.1) is 25.4 Å². The predicted octanol–water partition coefficient (Wildman–Crippen LogP) is 26.7. The van der Waals surface area contributed by atoms with Crippen LogP contribution in [0.25, 0.3) is 0 Å². The van der Waals surface area contributed by atoms with Crippen LogP contribution in [-0.4, -0.2) is 47.4 Å². The number of allylic oxidation sites excluding steroid dienone is 1. The number of hydrogen-bond acceptors (Lipinski definition) is 5. The van der Waals surface area contributed by atoms with E-state index in [4.69, 9.17) is 4.74 Å². The molecule has 0 saturated heterocycles. The molecular weight excluding hydrogens is 1070 g/mol. The van der Waals surface area contributed by atoms with Crippen molar-refractivity contribution in [3.8, 4) is 0 Å². The fourth-order valence-corrected chi connectivity index (χ4v) is 13.2. The van der Waals surface area contributed by atoms with E-state index in [1.165, 1.54) is 405 Å². The molecule has 2 atom stereocenters. The molecule has 6 heteroatoms. The monoisotopic (exact) mass is 1230 g/mol. The lowest BCUT2D eigenvalue weighted by atomic mass is 10.0. The molecule has 0 aromatic heterocycles. The summed E-state index contributed by atoms with van der Waals surface area (Å²) in [6.07, 6.45) is 97.7. The van der Waals surface area contributed by atoms with Crippen LogP contribution >= 0.6 is 0 Å². The average molecular weight is 1230 g/mol. The fraction of sp³-hybridized carbons (Fsp3) is 0.951. The lowest BCUT2D eigenvalue weighted by Crippen LogP contribution is -2.45. The number of amides is 1. The molecule has 0 aromatic rings. The van der Waals surface area contributed by atoms with Crippen molar-refractivity contribution in [3.05, 3.63) is 12.2 Å². The number of carbonyl (C=O) groups excluding carboxylic acids is 2. The predicted molar refractivity (Wildman–Crippen MR) is 384 cm³/mol. The van der Waals surface area contributed by atoms with E-state index < -0.39 is 12.1 Å². The van der Waals surface area contributed by atoms with E-state index in [0.717, 1.165) is 38.5 Å². The molecule has 0 fully saturated rings.